The average Bonchev–Trinajstić information content (AvgIpc) is 2.75. The van der Waals surface area contributed by atoms with E-state index in [0.717, 1.165) is 0 Å². The molecule has 0 atom stereocenters. The number of benzene rings is 1. The Morgan fingerprint density at radius 1 is 1.05 bits per heavy atom. The van der Waals surface area contributed by atoms with Crippen LogP contribution in [0.5, 0.6) is 0 Å². The van der Waals surface area contributed by atoms with Gasteiger partial charge < -0.3 is 4.42 Å². The van der Waals surface area contributed by atoms with Gasteiger partial charge in [0.2, 0.25) is 0 Å². The van der Waals surface area contributed by atoms with Crippen molar-refractivity contribution in [2.75, 3.05) is 0 Å². The molecule has 5 nitrogen and oxygen atoms in total. The van der Waals surface area contributed by atoms with Gasteiger partial charge in [0.25, 0.3) is 11.8 Å². The van der Waals surface area contributed by atoms with Gasteiger partial charge in [-0.3, -0.25) is 20.4 Å². The minimum Gasteiger partial charge on any atom is -0.466 e. The molecule has 0 saturated carbocycles. The van der Waals surface area contributed by atoms with Crippen LogP contribution in [0.1, 0.15) is 32.2 Å². The molecule has 0 spiro atoms. The normalized spacial score (nSPS) is 10.2. The number of amides is 2. The maximum Gasteiger partial charge on any atom is 0.273 e. The summed E-state index contributed by atoms with van der Waals surface area (Å²) >= 11 is 5.89. The molecule has 0 fully saturated rings. The second-order valence-electron chi connectivity index (χ2n) is 4.22. The number of furan rings is 1. The lowest BCUT2D eigenvalue weighted by atomic mass is 10.2. The van der Waals surface area contributed by atoms with E-state index in [0.29, 0.717) is 22.1 Å². The summed E-state index contributed by atoms with van der Waals surface area (Å²) in [6.45, 7) is 3.42. The number of carbonyl (C=O) groups excluding carboxylic acids is 2. The van der Waals surface area contributed by atoms with Crippen LogP contribution in [0, 0.1) is 13.8 Å². The predicted octanol–water partition coefficient (Wildman–Crippen LogP) is 2.62. The van der Waals surface area contributed by atoms with Crippen LogP contribution in [0.4, 0.5) is 0 Å². The molecule has 104 valence electrons. The van der Waals surface area contributed by atoms with E-state index in [-0.39, 0.29) is 5.56 Å². The largest absolute Gasteiger partial charge is 0.466 e. The highest BCUT2D eigenvalue weighted by atomic mass is 35.5. The summed E-state index contributed by atoms with van der Waals surface area (Å²) in [6.07, 6.45) is 0. The minimum atomic E-state index is -0.484. The maximum absolute atomic E-state index is 11.9. The highest BCUT2D eigenvalue weighted by Crippen LogP contribution is 2.15. The molecule has 1 aromatic carbocycles. The van der Waals surface area contributed by atoms with Crippen LogP contribution in [-0.4, -0.2) is 11.8 Å². The Labute approximate surface area is 120 Å². The Morgan fingerprint density at radius 3 is 2.20 bits per heavy atom. The lowest BCUT2D eigenvalue weighted by molar-refractivity contribution is 0.0846. The Bertz CT molecular complexity index is 664. The van der Waals surface area contributed by atoms with Gasteiger partial charge >= 0.3 is 0 Å². The molecule has 0 saturated heterocycles. The summed E-state index contributed by atoms with van der Waals surface area (Å²) in [5, 5.41) is 0.314. The first-order valence-corrected chi connectivity index (χ1v) is 6.29. The van der Waals surface area contributed by atoms with Crippen LogP contribution >= 0.6 is 11.6 Å². The van der Waals surface area contributed by atoms with Crippen LogP contribution in [0.2, 0.25) is 5.02 Å². The molecule has 0 aliphatic rings. The maximum atomic E-state index is 11.9. The van der Waals surface area contributed by atoms with Crippen molar-refractivity contribution < 1.29 is 14.0 Å². The first-order valence-electron chi connectivity index (χ1n) is 5.91. The van der Waals surface area contributed by atoms with Gasteiger partial charge in [-0.05, 0) is 32.0 Å². The standard InChI is InChI=1S/C14H13ClN2O3/c1-8-7-11(9(2)20-8)14(19)17-16-13(18)10-5-3-4-6-12(10)15/h3-7H,1-2H3,(H,16,18)(H,17,19). The van der Waals surface area contributed by atoms with Crippen molar-refractivity contribution >= 4 is 23.4 Å². The van der Waals surface area contributed by atoms with Crippen LogP contribution in [0.15, 0.2) is 34.7 Å². The fourth-order valence-electron chi connectivity index (χ4n) is 1.75. The van der Waals surface area contributed by atoms with Gasteiger partial charge in [-0.25, -0.2) is 0 Å². The number of hydrogen-bond donors (Lipinski definition) is 2. The Hall–Kier alpha value is -2.27. The monoisotopic (exact) mass is 292 g/mol. The first kappa shape index (κ1) is 14.1. The average molecular weight is 293 g/mol. The second-order valence-corrected chi connectivity index (χ2v) is 4.62. The van der Waals surface area contributed by atoms with E-state index in [4.69, 9.17) is 16.0 Å². The van der Waals surface area contributed by atoms with E-state index in [1.54, 1.807) is 44.2 Å². The van der Waals surface area contributed by atoms with Gasteiger partial charge in [0, 0.05) is 0 Å². The predicted molar refractivity (Wildman–Crippen MR) is 74.6 cm³/mol. The summed E-state index contributed by atoms with van der Waals surface area (Å²) in [7, 11) is 0. The van der Waals surface area contributed by atoms with Gasteiger partial charge in [0.1, 0.15) is 11.5 Å². The van der Waals surface area contributed by atoms with Crippen molar-refractivity contribution in [1.29, 1.82) is 0 Å². The van der Waals surface area contributed by atoms with Gasteiger partial charge in [-0.1, -0.05) is 23.7 Å². The molecule has 2 N–H and O–H groups in total. The second kappa shape index (κ2) is 5.79. The number of rotatable bonds is 2. The summed E-state index contributed by atoms with van der Waals surface area (Å²) in [5.41, 5.74) is 5.29. The molecule has 0 aliphatic heterocycles. The zero-order chi connectivity index (χ0) is 14.7. The summed E-state index contributed by atoms with van der Waals surface area (Å²) in [6, 6.07) is 8.17. The zero-order valence-electron chi connectivity index (χ0n) is 11.0. The van der Waals surface area contributed by atoms with E-state index >= 15 is 0 Å². The van der Waals surface area contributed by atoms with Crippen molar-refractivity contribution in [3.05, 3.63) is 58.0 Å². The molecule has 0 unspecified atom stereocenters. The molecule has 20 heavy (non-hydrogen) atoms. The van der Waals surface area contributed by atoms with Gasteiger partial charge in [0.05, 0.1) is 16.1 Å². The Kier molecular flexibility index (Phi) is 4.10. The first-order chi connectivity index (χ1) is 9.49. The smallest absolute Gasteiger partial charge is 0.273 e. The van der Waals surface area contributed by atoms with Crippen molar-refractivity contribution in [3.63, 3.8) is 0 Å². The lowest BCUT2D eigenvalue weighted by Gasteiger charge is -2.07. The van der Waals surface area contributed by atoms with Crippen molar-refractivity contribution in [2.24, 2.45) is 0 Å². The number of nitrogens with one attached hydrogen (secondary N) is 2. The Balaban J connectivity index is 2.02. The number of carbonyl (C=O) groups is 2. The topological polar surface area (TPSA) is 71.3 Å². The fraction of sp³-hybridized carbons (Fsp3) is 0.143. The summed E-state index contributed by atoms with van der Waals surface area (Å²) in [5.74, 6) is 0.193. The molecule has 2 rings (SSSR count). The molecule has 0 bridgehead atoms. The molecule has 0 radical (unpaired) electrons. The molecule has 2 amide bonds. The van der Waals surface area contributed by atoms with Crippen molar-refractivity contribution in [2.45, 2.75) is 13.8 Å². The number of halogens is 1. The zero-order valence-corrected chi connectivity index (χ0v) is 11.7. The molecular formula is C14H13ClN2O3. The minimum absolute atomic E-state index is 0.287. The quantitative estimate of drug-likeness (QED) is 0.836. The molecule has 1 heterocycles. The number of hydrazine groups is 1. The molecule has 0 aliphatic carbocycles. The van der Waals surface area contributed by atoms with Gasteiger partial charge in [-0.15, -0.1) is 0 Å². The van der Waals surface area contributed by atoms with E-state index in [1.807, 2.05) is 0 Å². The Morgan fingerprint density at radius 2 is 1.65 bits per heavy atom. The van der Waals surface area contributed by atoms with Crippen LogP contribution in [0.3, 0.4) is 0 Å². The van der Waals surface area contributed by atoms with Gasteiger partial charge in [-0.2, -0.15) is 0 Å². The molecule has 2 aromatic rings. The third kappa shape index (κ3) is 3.00. The number of aryl methyl sites for hydroxylation is 2. The van der Waals surface area contributed by atoms with Crippen molar-refractivity contribution in [3.8, 4) is 0 Å². The van der Waals surface area contributed by atoms with Crippen LogP contribution < -0.4 is 10.9 Å². The molecular weight excluding hydrogens is 280 g/mol. The molecule has 6 heteroatoms. The van der Waals surface area contributed by atoms with Crippen LogP contribution in [-0.2, 0) is 0 Å². The van der Waals surface area contributed by atoms with Gasteiger partial charge in [0.15, 0.2) is 0 Å². The highest BCUT2D eigenvalue weighted by molar-refractivity contribution is 6.33. The van der Waals surface area contributed by atoms with E-state index < -0.39 is 11.8 Å². The molecule has 1 aromatic heterocycles. The lowest BCUT2D eigenvalue weighted by Crippen LogP contribution is -2.41. The number of hydrogen-bond acceptors (Lipinski definition) is 3. The highest BCUT2D eigenvalue weighted by Gasteiger charge is 2.15. The summed E-state index contributed by atoms with van der Waals surface area (Å²) < 4.78 is 5.25. The van der Waals surface area contributed by atoms with E-state index in [9.17, 15) is 9.59 Å². The van der Waals surface area contributed by atoms with Crippen molar-refractivity contribution in [1.82, 2.24) is 10.9 Å². The SMILES string of the molecule is Cc1cc(C(=O)NNC(=O)c2ccccc2Cl)c(C)o1. The van der Waals surface area contributed by atoms with Crippen LogP contribution in [0.25, 0.3) is 0 Å². The fourth-order valence-corrected chi connectivity index (χ4v) is 1.97. The third-order valence-corrected chi connectivity index (χ3v) is 3.02. The summed E-state index contributed by atoms with van der Waals surface area (Å²) in [4.78, 5) is 23.7. The van der Waals surface area contributed by atoms with E-state index in [1.165, 1.54) is 0 Å². The van der Waals surface area contributed by atoms with E-state index in [2.05, 4.69) is 10.9 Å². The third-order valence-electron chi connectivity index (χ3n) is 2.69.